The molecule has 1 aromatic carbocycles. The highest BCUT2D eigenvalue weighted by Crippen LogP contribution is 2.25. The quantitative estimate of drug-likeness (QED) is 0.212. The van der Waals surface area contributed by atoms with Gasteiger partial charge in [0, 0.05) is 25.7 Å². The van der Waals surface area contributed by atoms with E-state index in [1.165, 1.54) is 23.1 Å². The number of aliphatic imine (C=N–C) groups is 1. The van der Waals surface area contributed by atoms with Crippen LogP contribution in [0.2, 0.25) is 0 Å². The summed E-state index contributed by atoms with van der Waals surface area (Å²) in [6, 6.07) is 3.28. The van der Waals surface area contributed by atoms with Gasteiger partial charge in [-0.25, -0.2) is 8.78 Å². The lowest BCUT2D eigenvalue weighted by atomic mass is 9.93. The number of benzene rings is 1. The molecule has 0 spiro atoms. The van der Waals surface area contributed by atoms with Gasteiger partial charge in [0.2, 0.25) is 0 Å². The predicted molar refractivity (Wildman–Crippen MR) is 127 cm³/mol. The molecule has 11 heteroatoms. The molecule has 0 bridgehead atoms. The summed E-state index contributed by atoms with van der Waals surface area (Å²) in [5, 5.41) is 6.29. The fourth-order valence-corrected chi connectivity index (χ4v) is 3.87. The summed E-state index contributed by atoms with van der Waals surface area (Å²) in [7, 11) is 5.11. The summed E-state index contributed by atoms with van der Waals surface area (Å²) >= 11 is 0. The largest absolute Gasteiger partial charge is 0.401 e. The molecule has 2 N–H and O–H groups in total. The van der Waals surface area contributed by atoms with Crippen LogP contribution in [0.25, 0.3) is 0 Å². The Morgan fingerprint density at radius 3 is 2.25 bits per heavy atom. The molecule has 0 aliphatic carbocycles. The van der Waals surface area contributed by atoms with Crippen LogP contribution in [0.15, 0.2) is 23.2 Å². The summed E-state index contributed by atoms with van der Waals surface area (Å²) in [5.41, 5.74) is 0.000990. The fraction of sp³-hybridized carbons (Fsp3) is 0.667. The van der Waals surface area contributed by atoms with Crippen LogP contribution in [0.4, 0.5) is 22.0 Å². The van der Waals surface area contributed by atoms with Crippen molar-refractivity contribution in [3.05, 3.63) is 35.4 Å². The van der Waals surface area contributed by atoms with E-state index < -0.39 is 30.4 Å². The average molecular weight is 577 g/mol. The molecule has 0 aromatic heterocycles. The van der Waals surface area contributed by atoms with E-state index in [0.717, 1.165) is 19.3 Å². The molecule has 2 rings (SSSR count). The van der Waals surface area contributed by atoms with Crippen molar-refractivity contribution in [3.8, 4) is 0 Å². The molecule has 0 saturated carbocycles. The molecule has 1 heterocycles. The van der Waals surface area contributed by atoms with Gasteiger partial charge in [0.15, 0.2) is 5.96 Å². The predicted octanol–water partition coefficient (Wildman–Crippen LogP) is 4.01. The molecule has 1 aliphatic rings. The van der Waals surface area contributed by atoms with Crippen molar-refractivity contribution in [1.82, 2.24) is 20.4 Å². The maximum Gasteiger partial charge on any atom is 0.401 e. The lowest BCUT2D eigenvalue weighted by molar-refractivity contribution is -0.148. The first-order chi connectivity index (χ1) is 14.6. The molecule has 184 valence electrons. The number of hydrogen-bond donors (Lipinski definition) is 2. The fourth-order valence-electron chi connectivity index (χ4n) is 3.87. The van der Waals surface area contributed by atoms with E-state index in [1.54, 1.807) is 26.0 Å². The van der Waals surface area contributed by atoms with E-state index in [0.29, 0.717) is 31.5 Å². The van der Waals surface area contributed by atoms with Crippen LogP contribution >= 0.6 is 24.0 Å². The van der Waals surface area contributed by atoms with Gasteiger partial charge in [-0.2, -0.15) is 13.2 Å². The first-order valence-electron chi connectivity index (χ1n) is 10.4. The second kappa shape index (κ2) is 13.5. The van der Waals surface area contributed by atoms with E-state index >= 15 is 0 Å². The van der Waals surface area contributed by atoms with Crippen LogP contribution in [0, 0.1) is 17.6 Å². The Morgan fingerprint density at radius 2 is 1.75 bits per heavy atom. The highest BCUT2D eigenvalue weighted by molar-refractivity contribution is 14.0. The third-order valence-corrected chi connectivity index (χ3v) is 5.60. The number of piperidine rings is 1. The molecule has 1 unspecified atom stereocenters. The molecule has 5 nitrogen and oxygen atoms in total. The second-order valence-electron chi connectivity index (χ2n) is 8.12. The van der Waals surface area contributed by atoms with Crippen LogP contribution in [0.5, 0.6) is 0 Å². The van der Waals surface area contributed by atoms with Crippen LogP contribution in [0.1, 0.15) is 30.9 Å². The number of hydrogen-bond acceptors (Lipinski definition) is 3. The van der Waals surface area contributed by atoms with Crippen LogP contribution in [0.3, 0.4) is 0 Å². The number of guanidine groups is 1. The van der Waals surface area contributed by atoms with Gasteiger partial charge in [-0.05, 0) is 64.5 Å². The van der Waals surface area contributed by atoms with Crippen molar-refractivity contribution in [2.24, 2.45) is 10.9 Å². The number of nitrogens with one attached hydrogen (secondary N) is 2. The molecule has 32 heavy (non-hydrogen) atoms. The lowest BCUT2D eigenvalue weighted by Crippen LogP contribution is -2.43. The average Bonchev–Trinajstić information content (AvgIpc) is 2.68. The van der Waals surface area contributed by atoms with Gasteiger partial charge in [-0.3, -0.25) is 9.89 Å². The monoisotopic (exact) mass is 577 g/mol. The maximum atomic E-state index is 14.2. The normalized spacial score (nSPS) is 17.2. The number of likely N-dealkylation sites (N-methyl/N-ethyl adjacent to an activating group) is 1. The standard InChI is InChI=1S/C21H32F5N5.HI/c1-27-20(28-10-7-15-8-11-31(12-9-15)14-21(24,25)26)29-13-18(30(2)3)19-16(22)5-4-6-17(19)23;/h4-6,15,18H,7-14H2,1-3H3,(H2,27,28,29);1H. The van der Waals surface area contributed by atoms with Crippen molar-refractivity contribution in [2.75, 3.05) is 53.9 Å². The minimum absolute atomic E-state index is 0. The highest BCUT2D eigenvalue weighted by atomic mass is 127. The van der Waals surface area contributed by atoms with Crippen LogP contribution in [-0.4, -0.2) is 75.8 Å². The van der Waals surface area contributed by atoms with Gasteiger partial charge in [0.05, 0.1) is 12.6 Å². The van der Waals surface area contributed by atoms with E-state index in [2.05, 4.69) is 15.6 Å². The van der Waals surface area contributed by atoms with E-state index in [9.17, 15) is 22.0 Å². The Kier molecular flexibility index (Phi) is 12.1. The summed E-state index contributed by atoms with van der Waals surface area (Å²) in [5.74, 6) is -0.323. The smallest absolute Gasteiger partial charge is 0.356 e. The Hall–Kier alpha value is -1.21. The molecule has 1 aliphatic heterocycles. The zero-order valence-electron chi connectivity index (χ0n) is 18.7. The van der Waals surface area contributed by atoms with E-state index in [4.69, 9.17) is 0 Å². The van der Waals surface area contributed by atoms with Crippen molar-refractivity contribution in [3.63, 3.8) is 0 Å². The van der Waals surface area contributed by atoms with Gasteiger partial charge < -0.3 is 15.5 Å². The minimum Gasteiger partial charge on any atom is -0.356 e. The zero-order valence-corrected chi connectivity index (χ0v) is 21.0. The maximum absolute atomic E-state index is 14.2. The van der Waals surface area contributed by atoms with E-state index in [1.807, 2.05) is 0 Å². The molecule has 1 fully saturated rings. The summed E-state index contributed by atoms with van der Waals surface area (Å²) in [6.45, 7) is 0.931. The van der Waals surface area contributed by atoms with Gasteiger partial charge in [-0.15, -0.1) is 24.0 Å². The number of alkyl halides is 3. The molecule has 1 saturated heterocycles. The summed E-state index contributed by atoms with van der Waals surface area (Å²) < 4.78 is 65.8. The van der Waals surface area contributed by atoms with Gasteiger partial charge in [0.25, 0.3) is 0 Å². The van der Waals surface area contributed by atoms with E-state index in [-0.39, 0.29) is 36.1 Å². The van der Waals surface area contributed by atoms with Crippen molar-refractivity contribution in [2.45, 2.75) is 31.5 Å². The Bertz CT molecular complexity index is 701. The Labute approximate surface area is 203 Å². The molecular formula is C21H33F5IN5. The van der Waals surface area contributed by atoms with Crippen LogP contribution in [-0.2, 0) is 0 Å². The number of likely N-dealkylation sites (tertiary alicyclic amines) is 1. The third kappa shape index (κ3) is 9.34. The zero-order chi connectivity index (χ0) is 23.0. The van der Waals surface area contributed by atoms with Gasteiger partial charge in [-0.1, -0.05) is 6.07 Å². The second-order valence-corrected chi connectivity index (χ2v) is 8.12. The summed E-state index contributed by atoms with van der Waals surface area (Å²) in [6.07, 6.45) is -1.86. The third-order valence-electron chi connectivity index (χ3n) is 5.60. The first kappa shape index (κ1) is 28.8. The number of rotatable bonds is 8. The first-order valence-corrected chi connectivity index (χ1v) is 10.4. The summed E-state index contributed by atoms with van der Waals surface area (Å²) in [4.78, 5) is 7.33. The molecule has 1 atom stereocenters. The SMILES string of the molecule is CN=C(NCCC1CCN(CC(F)(F)F)CC1)NCC(c1c(F)cccc1F)N(C)C.I. The molecular weight excluding hydrogens is 544 g/mol. The van der Waals surface area contributed by atoms with Gasteiger partial charge in [0.1, 0.15) is 11.6 Å². The number of halogens is 6. The van der Waals surface area contributed by atoms with Crippen LogP contribution < -0.4 is 10.6 Å². The molecule has 1 aromatic rings. The lowest BCUT2D eigenvalue weighted by Gasteiger charge is -2.32. The molecule has 0 radical (unpaired) electrons. The minimum atomic E-state index is -4.15. The topological polar surface area (TPSA) is 42.9 Å². The van der Waals surface area contributed by atoms with Gasteiger partial charge >= 0.3 is 6.18 Å². The Morgan fingerprint density at radius 1 is 1.16 bits per heavy atom. The van der Waals surface area contributed by atoms with Crippen molar-refractivity contribution < 1.29 is 22.0 Å². The molecule has 0 amide bonds. The Balaban J connectivity index is 0.00000512. The number of nitrogens with zero attached hydrogens (tertiary/aromatic N) is 3. The van der Waals surface area contributed by atoms with Crippen molar-refractivity contribution in [1.29, 1.82) is 0 Å². The highest BCUT2D eigenvalue weighted by Gasteiger charge is 2.32. The van der Waals surface area contributed by atoms with Crippen molar-refractivity contribution >= 4 is 29.9 Å².